The number of hydrogen-bond donors (Lipinski definition) is 1. The number of benzene rings is 2. The number of amides is 1. The fraction of sp³-hybridized carbons (Fsp3) is 0.263. The van der Waals surface area contributed by atoms with Gasteiger partial charge in [0.15, 0.2) is 6.10 Å². The molecule has 25 heavy (non-hydrogen) atoms. The second-order valence-electron chi connectivity index (χ2n) is 5.93. The Balaban J connectivity index is 1.74. The number of phenolic OH excluding ortho intramolecular Hbond substituents is 1. The zero-order valence-corrected chi connectivity index (χ0v) is 14.5. The molecule has 5 nitrogen and oxygen atoms in total. The Hall–Kier alpha value is -2.53. The Kier molecular flexibility index (Phi) is 4.95. The zero-order valence-electron chi connectivity index (χ0n) is 13.7. The summed E-state index contributed by atoms with van der Waals surface area (Å²) in [6.07, 6.45) is 0.822. The lowest BCUT2D eigenvalue weighted by Gasteiger charge is -2.31. The summed E-state index contributed by atoms with van der Waals surface area (Å²) in [7, 11) is 0. The summed E-state index contributed by atoms with van der Waals surface area (Å²) in [5.41, 5.74) is 1.94. The van der Waals surface area contributed by atoms with Gasteiger partial charge < -0.3 is 14.7 Å². The minimum absolute atomic E-state index is 0.0249. The second-order valence-corrected chi connectivity index (χ2v) is 6.37. The van der Waals surface area contributed by atoms with Gasteiger partial charge in [-0.25, -0.2) is 4.79 Å². The molecular weight excluding hydrogens is 342 g/mol. The normalized spacial score (nSPS) is 14.6. The van der Waals surface area contributed by atoms with Crippen molar-refractivity contribution in [2.24, 2.45) is 0 Å². The fourth-order valence-electron chi connectivity index (χ4n) is 2.93. The van der Waals surface area contributed by atoms with Gasteiger partial charge in [0, 0.05) is 17.3 Å². The number of hydrogen-bond acceptors (Lipinski definition) is 4. The summed E-state index contributed by atoms with van der Waals surface area (Å²) in [5.74, 6) is -1.32. The third-order valence-corrected chi connectivity index (χ3v) is 4.42. The first-order chi connectivity index (χ1) is 12.0. The molecule has 2 aromatic carbocycles. The van der Waals surface area contributed by atoms with E-state index in [0.29, 0.717) is 11.6 Å². The van der Waals surface area contributed by atoms with Crippen LogP contribution in [0.1, 0.15) is 29.3 Å². The zero-order chi connectivity index (χ0) is 18.0. The van der Waals surface area contributed by atoms with E-state index in [1.807, 2.05) is 24.3 Å². The van der Waals surface area contributed by atoms with Gasteiger partial charge in [0.1, 0.15) is 11.3 Å². The van der Waals surface area contributed by atoms with Crippen LogP contribution in [0.25, 0.3) is 0 Å². The van der Waals surface area contributed by atoms with E-state index in [0.717, 1.165) is 24.1 Å². The number of nitrogens with zero attached hydrogens (tertiary/aromatic N) is 1. The molecular formula is C19H18ClNO4. The first-order valence-corrected chi connectivity index (χ1v) is 8.44. The predicted molar refractivity (Wildman–Crippen MR) is 95.1 cm³/mol. The van der Waals surface area contributed by atoms with E-state index in [4.69, 9.17) is 16.3 Å². The number of ether oxygens (including phenoxy) is 1. The molecule has 0 radical (unpaired) electrons. The lowest BCUT2D eigenvalue weighted by atomic mass is 10.0. The predicted octanol–water partition coefficient (Wildman–Crippen LogP) is 3.57. The number of anilines is 1. The number of esters is 1. The second kappa shape index (κ2) is 7.15. The number of aryl methyl sites for hydroxylation is 1. The fourth-order valence-corrected chi connectivity index (χ4v) is 3.10. The summed E-state index contributed by atoms with van der Waals surface area (Å²) in [4.78, 5) is 26.6. The van der Waals surface area contributed by atoms with Crippen LogP contribution >= 0.6 is 11.6 Å². The molecule has 0 bridgehead atoms. The average Bonchev–Trinajstić information content (AvgIpc) is 2.60. The topological polar surface area (TPSA) is 66.8 Å². The summed E-state index contributed by atoms with van der Waals surface area (Å²) < 4.78 is 5.25. The molecule has 130 valence electrons. The highest BCUT2D eigenvalue weighted by Crippen LogP contribution is 2.28. The first kappa shape index (κ1) is 17.3. The van der Waals surface area contributed by atoms with Gasteiger partial charge in [-0.05, 0) is 49.6 Å². The van der Waals surface area contributed by atoms with Crippen molar-refractivity contribution in [3.05, 3.63) is 58.6 Å². The highest BCUT2D eigenvalue weighted by Gasteiger charge is 2.29. The van der Waals surface area contributed by atoms with Crippen LogP contribution in [0, 0.1) is 0 Å². The largest absolute Gasteiger partial charge is 0.507 e. The molecule has 0 fully saturated rings. The van der Waals surface area contributed by atoms with Crippen molar-refractivity contribution >= 4 is 29.2 Å². The Morgan fingerprint density at radius 1 is 1.24 bits per heavy atom. The molecule has 1 amide bonds. The Labute approximate surface area is 150 Å². The van der Waals surface area contributed by atoms with Crippen LogP contribution in [-0.2, 0) is 16.0 Å². The van der Waals surface area contributed by atoms with E-state index in [1.54, 1.807) is 4.90 Å². The van der Waals surface area contributed by atoms with E-state index >= 15 is 0 Å². The quantitative estimate of drug-likeness (QED) is 0.851. The van der Waals surface area contributed by atoms with Crippen molar-refractivity contribution in [1.29, 1.82) is 0 Å². The molecule has 1 N–H and O–H groups in total. The van der Waals surface area contributed by atoms with E-state index in [-0.39, 0.29) is 17.2 Å². The molecule has 0 saturated carbocycles. The maximum atomic E-state index is 12.7. The Morgan fingerprint density at radius 3 is 2.76 bits per heavy atom. The van der Waals surface area contributed by atoms with Gasteiger partial charge in [-0.3, -0.25) is 4.79 Å². The molecule has 0 aromatic heterocycles. The minimum atomic E-state index is -0.964. The van der Waals surface area contributed by atoms with Crippen LogP contribution in [0.4, 0.5) is 5.69 Å². The monoisotopic (exact) mass is 359 g/mol. The van der Waals surface area contributed by atoms with Crippen molar-refractivity contribution in [3.63, 3.8) is 0 Å². The first-order valence-electron chi connectivity index (χ1n) is 8.06. The smallest absolute Gasteiger partial charge is 0.342 e. The molecule has 1 aliphatic heterocycles. The minimum Gasteiger partial charge on any atom is -0.507 e. The van der Waals surface area contributed by atoms with E-state index < -0.39 is 12.1 Å². The van der Waals surface area contributed by atoms with Gasteiger partial charge in [0.25, 0.3) is 5.91 Å². The molecule has 0 saturated heterocycles. The van der Waals surface area contributed by atoms with Crippen LogP contribution in [0.2, 0.25) is 5.02 Å². The average molecular weight is 360 g/mol. The number of para-hydroxylation sites is 1. The molecule has 1 heterocycles. The molecule has 0 spiro atoms. The lowest BCUT2D eigenvalue weighted by molar-refractivity contribution is -0.126. The van der Waals surface area contributed by atoms with Gasteiger partial charge in [0.05, 0.1) is 0 Å². The van der Waals surface area contributed by atoms with E-state index in [9.17, 15) is 14.7 Å². The summed E-state index contributed by atoms with van der Waals surface area (Å²) in [6, 6.07) is 11.8. The highest BCUT2D eigenvalue weighted by atomic mass is 35.5. The number of halogens is 1. The number of rotatable bonds is 3. The van der Waals surface area contributed by atoms with Gasteiger partial charge in [0.2, 0.25) is 0 Å². The molecule has 0 aliphatic carbocycles. The molecule has 1 atom stereocenters. The number of carbonyl (C=O) groups excluding carboxylic acids is 2. The number of carbonyl (C=O) groups is 2. The number of phenols is 1. The maximum absolute atomic E-state index is 12.7. The van der Waals surface area contributed by atoms with Crippen LogP contribution in [0.15, 0.2) is 42.5 Å². The number of aromatic hydroxyl groups is 1. The van der Waals surface area contributed by atoms with E-state index in [1.165, 1.54) is 25.1 Å². The highest BCUT2D eigenvalue weighted by molar-refractivity contribution is 6.30. The number of fused-ring (bicyclic) bond motifs is 1. The van der Waals surface area contributed by atoms with Gasteiger partial charge in [-0.1, -0.05) is 29.8 Å². The summed E-state index contributed by atoms with van der Waals surface area (Å²) in [6.45, 7) is 2.12. The van der Waals surface area contributed by atoms with Crippen molar-refractivity contribution < 1.29 is 19.4 Å². The van der Waals surface area contributed by atoms with Crippen molar-refractivity contribution in [3.8, 4) is 5.75 Å². The van der Waals surface area contributed by atoms with E-state index in [2.05, 4.69) is 0 Å². The Morgan fingerprint density at radius 2 is 2.00 bits per heavy atom. The Bertz CT molecular complexity index is 821. The standard InChI is InChI=1S/C19H18ClNO4/c1-12(25-19(24)15-9-8-14(20)11-17(15)22)18(23)21-10-4-6-13-5-2-3-7-16(13)21/h2-3,5,7-9,11-12,22H,4,6,10H2,1H3. The van der Waals surface area contributed by atoms with Crippen molar-refractivity contribution in [1.82, 2.24) is 0 Å². The van der Waals surface area contributed by atoms with Crippen LogP contribution < -0.4 is 4.90 Å². The third-order valence-electron chi connectivity index (χ3n) is 4.19. The van der Waals surface area contributed by atoms with Gasteiger partial charge in [-0.15, -0.1) is 0 Å². The molecule has 3 rings (SSSR count). The maximum Gasteiger partial charge on any atom is 0.342 e. The SMILES string of the molecule is CC(OC(=O)c1ccc(Cl)cc1O)C(=O)N1CCCc2ccccc21. The van der Waals surface area contributed by atoms with Crippen molar-refractivity contribution in [2.45, 2.75) is 25.9 Å². The van der Waals surface area contributed by atoms with Crippen LogP contribution in [-0.4, -0.2) is 29.6 Å². The molecule has 6 heteroatoms. The van der Waals surface area contributed by atoms with Crippen LogP contribution in [0.5, 0.6) is 5.75 Å². The molecule has 2 aromatic rings. The molecule has 1 unspecified atom stereocenters. The van der Waals surface area contributed by atoms with Crippen molar-refractivity contribution in [2.75, 3.05) is 11.4 Å². The lowest BCUT2D eigenvalue weighted by Crippen LogP contribution is -2.42. The summed E-state index contributed by atoms with van der Waals surface area (Å²) >= 11 is 5.75. The third kappa shape index (κ3) is 3.61. The van der Waals surface area contributed by atoms with Crippen LogP contribution in [0.3, 0.4) is 0 Å². The van der Waals surface area contributed by atoms with Gasteiger partial charge in [-0.2, -0.15) is 0 Å². The summed E-state index contributed by atoms with van der Waals surface area (Å²) in [5, 5.41) is 10.1. The van der Waals surface area contributed by atoms with Gasteiger partial charge >= 0.3 is 5.97 Å². The molecule has 1 aliphatic rings.